The summed E-state index contributed by atoms with van der Waals surface area (Å²) in [5.74, 6) is -0.245. The lowest BCUT2D eigenvalue weighted by Gasteiger charge is -2.11. The highest BCUT2D eigenvalue weighted by atomic mass is 19.1. The molecule has 0 spiro atoms. The first kappa shape index (κ1) is 14.1. The number of nitrogen functional groups attached to an aromatic ring is 1. The van der Waals surface area contributed by atoms with Gasteiger partial charge in [0.1, 0.15) is 11.6 Å². The summed E-state index contributed by atoms with van der Waals surface area (Å²) >= 11 is 0. The van der Waals surface area contributed by atoms with Crippen LogP contribution in [0.4, 0.5) is 10.1 Å². The number of carbonyl (C=O) groups is 1. The normalized spacial score (nSPS) is 10.3. The third kappa shape index (κ3) is 2.79. The minimum atomic E-state index is -0.532. The van der Waals surface area contributed by atoms with Crippen LogP contribution in [0, 0.1) is 12.7 Å². The van der Waals surface area contributed by atoms with E-state index >= 15 is 0 Å². The van der Waals surface area contributed by atoms with E-state index in [2.05, 4.69) is 0 Å². The second-order valence-electron chi connectivity index (χ2n) is 4.50. The van der Waals surface area contributed by atoms with Crippen molar-refractivity contribution in [3.05, 3.63) is 58.9 Å². The number of carbonyl (C=O) groups excluding carboxylic acids is 1. The third-order valence-electron chi connectivity index (χ3n) is 2.94. The Morgan fingerprint density at radius 3 is 2.65 bits per heavy atom. The zero-order valence-electron chi connectivity index (χ0n) is 11.4. The first-order valence-electron chi connectivity index (χ1n) is 6.36. The molecule has 2 rings (SSSR count). The summed E-state index contributed by atoms with van der Waals surface area (Å²) in [6.45, 7) is 4.21. The van der Waals surface area contributed by atoms with Crippen molar-refractivity contribution in [2.45, 2.75) is 13.8 Å². The van der Waals surface area contributed by atoms with Gasteiger partial charge in [0.25, 0.3) is 0 Å². The highest BCUT2D eigenvalue weighted by Gasteiger charge is 2.16. The Bertz CT molecular complexity index is 653. The van der Waals surface area contributed by atoms with Gasteiger partial charge in [-0.1, -0.05) is 11.6 Å². The Balaban J connectivity index is 2.46. The number of hydrogen-bond donors (Lipinski definition) is 1. The van der Waals surface area contributed by atoms with Gasteiger partial charge >= 0.3 is 0 Å². The number of ketones is 1. The smallest absolute Gasteiger partial charge is 0.196 e. The van der Waals surface area contributed by atoms with Gasteiger partial charge in [-0.25, -0.2) is 4.39 Å². The predicted octanol–water partition coefficient (Wildman–Crippen LogP) is 3.35. The molecular weight excluding hydrogens is 257 g/mol. The molecule has 2 aromatic rings. The quantitative estimate of drug-likeness (QED) is 0.686. The molecule has 3 nitrogen and oxygen atoms in total. The zero-order valence-corrected chi connectivity index (χ0v) is 11.4. The lowest BCUT2D eigenvalue weighted by Crippen LogP contribution is -2.07. The number of halogens is 1. The molecule has 0 aromatic heterocycles. The van der Waals surface area contributed by atoms with E-state index in [-0.39, 0.29) is 11.5 Å². The van der Waals surface area contributed by atoms with E-state index in [0.29, 0.717) is 23.5 Å². The number of nitrogens with two attached hydrogens (primary N) is 1. The summed E-state index contributed by atoms with van der Waals surface area (Å²) in [5.41, 5.74) is 7.21. The van der Waals surface area contributed by atoms with Crippen LogP contribution in [-0.4, -0.2) is 12.4 Å². The Kier molecular flexibility index (Phi) is 4.03. The van der Waals surface area contributed by atoms with Crippen molar-refractivity contribution in [3.8, 4) is 5.75 Å². The number of hydrogen-bond acceptors (Lipinski definition) is 3. The van der Waals surface area contributed by atoms with Crippen molar-refractivity contribution in [3.63, 3.8) is 0 Å². The Labute approximate surface area is 117 Å². The standard InChI is InChI=1S/C16H16FNO2/c1-3-20-15-7-4-10(2)8-12(15)16(19)11-5-6-13(17)14(18)9-11/h4-9H,3,18H2,1-2H3. The lowest BCUT2D eigenvalue weighted by molar-refractivity contribution is 0.103. The number of anilines is 1. The van der Waals surface area contributed by atoms with Crippen molar-refractivity contribution >= 4 is 11.5 Å². The van der Waals surface area contributed by atoms with E-state index in [1.807, 2.05) is 19.9 Å². The van der Waals surface area contributed by atoms with Crippen LogP contribution in [0.2, 0.25) is 0 Å². The highest BCUT2D eigenvalue weighted by molar-refractivity contribution is 6.11. The molecule has 0 aliphatic rings. The topological polar surface area (TPSA) is 52.3 Å². The molecular formula is C16H16FNO2. The average molecular weight is 273 g/mol. The van der Waals surface area contributed by atoms with Crippen molar-refractivity contribution < 1.29 is 13.9 Å². The molecule has 4 heteroatoms. The molecule has 0 atom stereocenters. The minimum Gasteiger partial charge on any atom is -0.493 e. The summed E-state index contributed by atoms with van der Waals surface area (Å²) in [4.78, 5) is 12.5. The molecule has 0 unspecified atom stereocenters. The maximum Gasteiger partial charge on any atom is 0.196 e. The van der Waals surface area contributed by atoms with Crippen molar-refractivity contribution in [2.24, 2.45) is 0 Å². The second-order valence-corrected chi connectivity index (χ2v) is 4.50. The summed E-state index contributed by atoms with van der Waals surface area (Å²) in [6, 6.07) is 9.35. The molecule has 0 saturated carbocycles. The van der Waals surface area contributed by atoms with E-state index in [1.54, 1.807) is 12.1 Å². The summed E-state index contributed by atoms with van der Waals surface area (Å²) < 4.78 is 18.6. The van der Waals surface area contributed by atoms with Crippen LogP contribution < -0.4 is 10.5 Å². The zero-order chi connectivity index (χ0) is 14.7. The Morgan fingerprint density at radius 2 is 2.00 bits per heavy atom. The maximum atomic E-state index is 13.2. The Morgan fingerprint density at radius 1 is 1.25 bits per heavy atom. The molecule has 2 N–H and O–H groups in total. The van der Waals surface area contributed by atoms with Gasteiger partial charge in [0.2, 0.25) is 0 Å². The average Bonchev–Trinajstić information content (AvgIpc) is 2.43. The Hall–Kier alpha value is -2.36. The van der Waals surface area contributed by atoms with E-state index in [1.165, 1.54) is 18.2 Å². The molecule has 0 amide bonds. The van der Waals surface area contributed by atoms with Gasteiger partial charge in [-0.15, -0.1) is 0 Å². The summed E-state index contributed by atoms with van der Waals surface area (Å²) in [6.07, 6.45) is 0. The van der Waals surface area contributed by atoms with Crippen LogP contribution in [0.3, 0.4) is 0 Å². The van der Waals surface area contributed by atoms with Crippen LogP contribution in [0.5, 0.6) is 5.75 Å². The number of benzene rings is 2. The van der Waals surface area contributed by atoms with Crippen molar-refractivity contribution in [2.75, 3.05) is 12.3 Å². The van der Waals surface area contributed by atoms with Gasteiger partial charge in [-0.3, -0.25) is 4.79 Å². The van der Waals surface area contributed by atoms with E-state index < -0.39 is 5.82 Å². The molecule has 20 heavy (non-hydrogen) atoms. The monoisotopic (exact) mass is 273 g/mol. The first-order chi connectivity index (χ1) is 9.52. The second kappa shape index (κ2) is 5.74. The van der Waals surface area contributed by atoms with Crippen LogP contribution >= 0.6 is 0 Å². The van der Waals surface area contributed by atoms with Gasteiger partial charge in [-0.05, 0) is 44.2 Å². The number of aryl methyl sites for hydroxylation is 1. The molecule has 0 aliphatic heterocycles. The number of rotatable bonds is 4. The van der Waals surface area contributed by atoms with Gasteiger partial charge in [-0.2, -0.15) is 0 Å². The molecule has 2 aromatic carbocycles. The van der Waals surface area contributed by atoms with Gasteiger partial charge < -0.3 is 10.5 Å². The molecule has 0 aliphatic carbocycles. The molecule has 0 radical (unpaired) electrons. The molecule has 0 bridgehead atoms. The van der Waals surface area contributed by atoms with Gasteiger partial charge in [0, 0.05) is 5.56 Å². The van der Waals surface area contributed by atoms with E-state index in [9.17, 15) is 9.18 Å². The van der Waals surface area contributed by atoms with E-state index in [4.69, 9.17) is 10.5 Å². The van der Waals surface area contributed by atoms with Crippen molar-refractivity contribution in [1.29, 1.82) is 0 Å². The predicted molar refractivity (Wildman–Crippen MR) is 76.6 cm³/mol. The first-order valence-corrected chi connectivity index (χ1v) is 6.36. The fraction of sp³-hybridized carbons (Fsp3) is 0.188. The maximum absolute atomic E-state index is 13.2. The molecule has 0 heterocycles. The van der Waals surface area contributed by atoms with Crippen molar-refractivity contribution in [1.82, 2.24) is 0 Å². The SMILES string of the molecule is CCOc1ccc(C)cc1C(=O)c1ccc(F)c(N)c1. The van der Waals surface area contributed by atoms with E-state index in [0.717, 1.165) is 5.56 Å². The third-order valence-corrected chi connectivity index (χ3v) is 2.94. The molecule has 0 saturated heterocycles. The molecule has 0 fully saturated rings. The fourth-order valence-electron chi connectivity index (χ4n) is 1.94. The minimum absolute atomic E-state index is 0.0403. The molecule has 104 valence electrons. The van der Waals surface area contributed by atoms with Gasteiger partial charge in [0.15, 0.2) is 5.78 Å². The summed E-state index contributed by atoms with van der Waals surface area (Å²) in [5, 5.41) is 0. The summed E-state index contributed by atoms with van der Waals surface area (Å²) in [7, 11) is 0. The largest absolute Gasteiger partial charge is 0.493 e. The van der Waals surface area contributed by atoms with Crippen LogP contribution in [0.25, 0.3) is 0 Å². The fourth-order valence-corrected chi connectivity index (χ4v) is 1.94. The lowest BCUT2D eigenvalue weighted by atomic mass is 10.00. The highest BCUT2D eigenvalue weighted by Crippen LogP contribution is 2.24. The number of ether oxygens (including phenoxy) is 1. The van der Waals surface area contributed by atoms with Crippen LogP contribution in [-0.2, 0) is 0 Å². The van der Waals surface area contributed by atoms with Gasteiger partial charge in [0.05, 0.1) is 17.9 Å². The van der Waals surface area contributed by atoms with Crippen LogP contribution in [0.1, 0.15) is 28.4 Å². The van der Waals surface area contributed by atoms with Crippen LogP contribution in [0.15, 0.2) is 36.4 Å².